The van der Waals surface area contributed by atoms with Crippen molar-refractivity contribution in [2.24, 2.45) is 0 Å². The number of hydrogen-bond donors (Lipinski definition) is 1. The monoisotopic (exact) mass is 383 g/mol. The van der Waals surface area contributed by atoms with Gasteiger partial charge < -0.3 is 15.0 Å². The molecule has 1 N–H and O–H groups in total. The van der Waals surface area contributed by atoms with E-state index in [1.54, 1.807) is 11.0 Å². The summed E-state index contributed by atoms with van der Waals surface area (Å²) in [5.74, 6) is 0.340. The van der Waals surface area contributed by atoms with E-state index in [4.69, 9.17) is 16.3 Å². The van der Waals surface area contributed by atoms with Crippen LogP contribution in [0.2, 0.25) is 5.02 Å². The molecule has 1 fully saturated rings. The van der Waals surface area contributed by atoms with E-state index in [0.717, 1.165) is 24.0 Å². The van der Waals surface area contributed by atoms with Crippen molar-refractivity contribution in [3.63, 3.8) is 0 Å². The molecule has 2 heterocycles. The van der Waals surface area contributed by atoms with Gasteiger partial charge in [0.25, 0.3) is 5.91 Å². The molecule has 0 radical (unpaired) electrons. The van der Waals surface area contributed by atoms with Crippen molar-refractivity contribution in [3.05, 3.63) is 51.8 Å². The lowest BCUT2D eigenvalue weighted by Gasteiger charge is -2.26. The fraction of sp³-hybridized carbons (Fsp3) is 0.368. The van der Waals surface area contributed by atoms with Crippen molar-refractivity contribution in [2.45, 2.75) is 25.3 Å². The Morgan fingerprint density at radius 1 is 1.33 bits per heavy atom. The number of nitrogens with one attached hydrogen (secondary N) is 1. The van der Waals surface area contributed by atoms with E-state index in [2.05, 4.69) is 21.4 Å². The summed E-state index contributed by atoms with van der Waals surface area (Å²) >= 11 is 6.09. The quantitative estimate of drug-likeness (QED) is 0.875. The van der Waals surface area contributed by atoms with Gasteiger partial charge in [0.05, 0.1) is 23.8 Å². The zero-order valence-electron chi connectivity index (χ0n) is 14.6. The lowest BCUT2D eigenvalue weighted by atomic mass is 10.0. The summed E-state index contributed by atoms with van der Waals surface area (Å²) in [6.07, 6.45) is 5.37. The van der Waals surface area contributed by atoms with Gasteiger partial charge in [-0.2, -0.15) is 5.26 Å². The first-order valence-corrected chi connectivity index (χ1v) is 9.19. The van der Waals surface area contributed by atoms with E-state index in [1.807, 2.05) is 6.07 Å². The maximum Gasteiger partial charge on any atom is 0.258 e. The van der Waals surface area contributed by atoms with Crippen molar-refractivity contribution >= 4 is 23.5 Å². The van der Waals surface area contributed by atoms with Crippen molar-refractivity contribution < 1.29 is 9.53 Å². The summed E-state index contributed by atoms with van der Waals surface area (Å²) < 4.78 is 5.31. The lowest BCUT2D eigenvalue weighted by molar-refractivity contribution is -0.00575. The predicted molar refractivity (Wildman–Crippen MR) is 99.5 cm³/mol. The highest BCUT2D eigenvalue weighted by molar-refractivity contribution is 6.30. The van der Waals surface area contributed by atoms with Crippen LogP contribution in [0.5, 0.6) is 0 Å². The number of rotatable bonds is 3. The molecule has 2 aromatic rings. The van der Waals surface area contributed by atoms with Crippen LogP contribution in [0.1, 0.15) is 33.5 Å². The van der Waals surface area contributed by atoms with Crippen LogP contribution in [-0.4, -0.2) is 46.7 Å². The molecule has 1 atom stereocenters. The van der Waals surface area contributed by atoms with Gasteiger partial charge in [-0.15, -0.1) is 0 Å². The summed E-state index contributed by atoms with van der Waals surface area (Å²) in [4.78, 5) is 22.6. The van der Waals surface area contributed by atoms with Crippen molar-refractivity contribution in [1.82, 2.24) is 14.9 Å². The Morgan fingerprint density at radius 2 is 2.15 bits per heavy atom. The largest absolute Gasteiger partial charge is 0.361 e. The molecule has 4 rings (SSSR count). The summed E-state index contributed by atoms with van der Waals surface area (Å²) in [6.45, 7) is 1.68. The van der Waals surface area contributed by atoms with Crippen LogP contribution in [0, 0.1) is 11.3 Å². The second-order valence-electron chi connectivity index (χ2n) is 6.71. The number of carbonyl (C=O) groups is 1. The topological polar surface area (TPSA) is 91.1 Å². The van der Waals surface area contributed by atoms with E-state index < -0.39 is 0 Å². The summed E-state index contributed by atoms with van der Waals surface area (Å²) in [6, 6.07) is 5.90. The van der Waals surface area contributed by atoms with Gasteiger partial charge in [0, 0.05) is 30.0 Å². The van der Waals surface area contributed by atoms with Crippen molar-refractivity contribution in [2.75, 3.05) is 25.2 Å². The van der Waals surface area contributed by atoms with Crippen LogP contribution in [0.4, 0.5) is 5.95 Å². The first kappa shape index (κ1) is 17.7. The predicted octanol–water partition coefficient (Wildman–Crippen LogP) is 2.40. The Morgan fingerprint density at radius 3 is 2.85 bits per heavy atom. The molecule has 1 aromatic heterocycles. The Labute approximate surface area is 161 Å². The number of anilines is 1. The highest BCUT2D eigenvalue weighted by Crippen LogP contribution is 2.30. The van der Waals surface area contributed by atoms with Crippen LogP contribution in [0.3, 0.4) is 0 Å². The number of ether oxygens (including phenoxy) is 1. The molecule has 138 valence electrons. The number of fused-ring (bicyclic) bond motifs is 1. The molecule has 0 spiro atoms. The minimum atomic E-state index is -0.122. The van der Waals surface area contributed by atoms with Crippen molar-refractivity contribution in [1.29, 1.82) is 5.26 Å². The minimum absolute atomic E-state index is 0.0858. The molecule has 1 aliphatic heterocycles. The molecule has 1 saturated heterocycles. The van der Waals surface area contributed by atoms with Gasteiger partial charge in [-0.05, 0) is 42.5 Å². The summed E-state index contributed by atoms with van der Waals surface area (Å²) in [7, 11) is 0. The van der Waals surface area contributed by atoms with Gasteiger partial charge >= 0.3 is 0 Å². The Balaban J connectivity index is 1.42. The smallest absolute Gasteiger partial charge is 0.258 e. The maximum absolute atomic E-state index is 12.4. The van der Waals surface area contributed by atoms with Crippen LogP contribution in [0.25, 0.3) is 0 Å². The molecule has 8 heteroatoms. The molecule has 0 unspecified atom stereocenters. The normalized spacial score (nSPS) is 18.7. The third-order valence-electron chi connectivity index (χ3n) is 4.83. The first-order chi connectivity index (χ1) is 13.1. The minimum Gasteiger partial charge on any atom is -0.361 e. The molecule has 1 amide bonds. The molecule has 7 nitrogen and oxygen atoms in total. The Kier molecular flexibility index (Phi) is 4.92. The lowest BCUT2D eigenvalue weighted by Crippen LogP contribution is -2.38. The molecular formula is C19H18ClN5O2. The molecule has 27 heavy (non-hydrogen) atoms. The van der Waals surface area contributed by atoms with Gasteiger partial charge in [0.15, 0.2) is 0 Å². The standard InChI is InChI=1S/C19H18ClN5O2/c20-15-4-12-6-16(7-17(12)13(5-15)8-21)24-19-22-9-14(10-23-19)18(26)25-2-1-3-27-11-25/h4-5,9-10,16H,1-3,6-7,11H2,(H,22,23,24)/t16-/m0/s1. The maximum atomic E-state index is 12.4. The number of benzene rings is 1. The van der Waals surface area contributed by atoms with Crippen LogP contribution < -0.4 is 5.32 Å². The number of amides is 1. The van der Waals surface area contributed by atoms with Gasteiger partial charge in [-0.25, -0.2) is 9.97 Å². The molecule has 2 aliphatic rings. The SMILES string of the molecule is N#Cc1cc(Cl)cc2c1C[C@@H](Nc1ncc(C(=O)N3CCCOC3)cn1)C2. The fourth-order valence-electron chi connectivity index (χ4n) is 3.54. The number of hydrogen-bond acceptors (Lipinski definition) is 6. The van der Waals surface area contributed by atoms with E-state index in [0.29, 0.717) is 48.4 Å². The number of nitriles is 1. The highest BCUT2D eigenvalue weighted by Gasteiger charge is 2.25. The average molecular weight is 384 g/mol. The van der Waals surface area contributed by atoms with E-state index in [-0.39, 0.29) is 11.9 Å². The van der Waals surface area contributed by atoms with Crippen LogP contribution in [0.15, 0.2) is 24.5 Å². The van der Waals surface area contributed by atoms with E-state index in [9.17, 15) is 10.1 Å². The first-order valence-electron chi connectivity index (χ1n) is 8.81. The third kappa shape index (κ3) is 3.72. The van der Waals surface area contributed by atoms with Gasteiger partial charge in [-0.1, -0.05) is 11.6 Å². The molecule has 1 aliphatic carbocycles. The third-order valence-corrected chi connectivity index (χ3v) is 5.05. The molecular weight excluding hydrogens is 366 g/mol. The zero-order valence-corrected chi connectivity index (χ0v) is 15.4. The van der Waals surface area contributed by atoms with E-state index in [1.165, 1.54) is 12.4 Å². The second kappa shape index (κ2) is 7.51. The summed E-state index contributed by atoms with van der Waals surface area (Å²) in [5.41, 5.74) is 3.16. The number of carbonyl (C=O) groups excluding carboxylic acids is 1. The van der Waals surface area contributed by atoms with Gasteiger partial charge in [-0.3, -0.25) is 4.79 Å². The summed E-state index contributed by atoms with van der Waals surface area (Å²) in [5, 5.41) is 13.1. The second-order valence-corrected chi connectivity index (χ2v) is 7.14. The van der Waals surface area contributed by atoms with Crippen LogP contribution >= 0.6 is 11.6 Å². The van der Waals surface area contributed by atoms with Crippen molar-refractivity contribution in [3.8, 4) is 6.07 Å². The number of aromatic nitrogens is 2. The zero-order chi connectivity index (χ0) is 18.8. The Bertz CT molecular complexity index is 904. The average Bonchev–Trinajstić information content (AvgIpc) is 3.10. The molecule has 0 bridgehead atoms. The van der Waals surface area contributed by atoms with Gasteiger partial charge in [0.1, 0.15) is 6.73 Å². The molecule has 0 saturated carbocycles. The van der Waals surface area contributed by atoms with Gasteiger partial charge in [0.2, 0.25) is 5.95 Å². The Hall–Kier alpha value is -2.69. The van der Waals surface area contributed by atoms with Crippen LogP contribution in [-0.2, 0) is 17.6 Å². The molecule has 1 aromatic carbocycles. The van der Waals surface area contributed by atoms with E-state index >= 15 is 0 Å². The fourth-order valence-corrected chi connectivity index (χ4v) is 3.78. The number of halogens is 1. The number of nitrogens with zero attached hydrogens (tertiary/aromatic N) is 4. The highest BCUT2D eigenvalue weighted by atomic mass is 35.5.